The Balaban J connectivity index is 1.66. The maximum atomic E-state index is 10.9. The third-order valence-corrected chi connectivity index (χ3v) is 11.0. The molecule has 4 N–H and O–H groups in total. The molecule has 7 aromatic carbocycles. The number of aromatic hydroxyl groups is 4. The molecule has 0 spiro atoms. The number of aryl methyl sites for hydroxylation is 8. The Morgan fingerprint density at radius 1 is 0.308 bits per heavy atom. The highest BCUT2D eigenvalue weighted by atomic mass is 16.3. The molecule has 0 unspecified atom stereocenters. The van der Waals surface area contributed by atoms with Crippen molar-refractivity contribution in [3.05, 3.63) is 175 Å². The van der Waals surface area contributed by atoms with Crippen molar-refractivity contribution >= 4 is 21.5 Å². The van der Waals surface area contributed by atoms with Crippen LogP contribution in [0, 0.1) is 55.4 Å². The Kier molecular flexibility index (Phi) is 8.74. The Labute approximate surface area is 306 Å². The van der Waals surface area contributed by atoms with E-state index in [0.717, 1.165) is 99.4 Å². The summed E-state index contributed by atoms with van der Waals surface area (Å²) in [5.74, 6) is 0.740. The second kappa shape index (κ2) is 13.1. The zero-order chi connectivity index (χ0) is 37.2. The van der Waals surface area contributed by atoms with Crippen LogP contribution in [-0.4, -0.2) is 20.4 Å². The van der Waals surface area contributed by atoms with Gasteiger partial charge >= 0.3 is 0 Å². The van der Waals surface area contributed by atoms with Crippen LogP contribution in [0.1, 0.15) is 89.7 Å². The van der Waals surface area contributed by atoms with E-state index < -0.39 is 0 Å². The second-order valence-corrected chi connectivity index (χ2v) is 14.8. The standard InChI is InChI=1S/C48H46O4/c1-25-17-33(18-26(2)45(25)49)41(34-19-27(3)46(50)28(4)20-34)43-37-13-9-11-15-39(37)44(40-16-12-10-14-38(40)43)42(35-21-29(5)47(51)30(6)22-35)36-23-31(7)48(52)32(8)24-36/h9-24,41-42,49-52H,1-8H3. The quantitative estimate of drug-likeness (QED) is 0.104. The van der Waals surface area contributed by atoms with Crippen molar-refractivity contribution in [1.82, 2.24) is 0 Å². The van der Waals surface area contributed by atoms with Crippen LogP contribution in [0.5, 0.6) is 23.0 Å². The highest BCUT2D eigenvalue weighted by molar-refractivity contribution is 6.08. The number of hydrogen-bond acceptors (Lipinski definition) is 4. The number of phenolic OH excluding ortho intramolecular Hbond substituents is 4. The minimum absolute atomic E-state index is 0.227. The predicted octanol–water partition coefficient (Wildman–Crippen LogP) is 11.6. The molecular formula is C48H46O4. The minimum Gasteiger partial charge on any atom is -0.507 e. The fraction of sp³-hybridized carbons (Fsp3) is 0.208. The predicted molar refractivity (Wildman–Crippen MR) is 214 cm³/mol. The summed E-state index contributed by atoms with van der Waals surface area (Å²) in [6.07, 6.45) is 0. The summed E-state index contributed by atoms with van der Waals surface area (Å²) in [4.78, 5) is 0. The highest BCUT2D eigenvalue weighted by Gasteiger charge is 2.30. The fourth-order valence-corrected chi connectivity index (χ4v) is 8.49. The molecule has 7 rings (SSSR count). The van der Waals surface area contributed by atoms with Crippen LogP contribution >= 0.6 is 0 Å². The first-order valence-corrected chi connectivity index (χ1v) is 17.9. The molecule has 0 amide bonds. The molecule has 0 heterocycles. The van der Waals surface area contributed by atoms with Crippen LogP contribution in [0.25, 0.3) is 21.5 Å². The van der Waals surface area contributed by atoms with E-state index in [2.05, 4.69) is 97.1 Å². The molecular weight excluding hydrogens is 641 g/mol. The van der Waals surface area contributed by atoms with E-state index >= 15 is 0 Å². The van der Waals surface area contributed by atoms with Crippen LogP contribution in [0.2, 0.25) is 0 Å². The monoisotopic (exact) mass is 686 g/mol. The first-order chi connectivity index (χ1) is 24.8. The van der Waals surface area contributed by atoms with Gasteiger partial charge in [0.15, 0.2) is 0 Å². The zero-order valence-corrected chi connectivity index (χ0v) is 31.2. The fourth-order valence-electron chi connectivity index (χ4n) is 8.49. The van der Waals surface area contributed by atoms with Gasteiger partial charge in [0, 0.05) is 11.8 Å². The average molecular weight is 687 g/mol. The van der Waals surface area contributed by atoms with E-state index in [0.29, 0.717) is 23.0 Å². The maximum Gasteiger partial charge on any atom is 0.121 e. The molecule has 0 aromatic heterocycles. The van der Waals surface area contributed by atoms with Crippen molar-refractivity contribution < 1.29 is 20.4 Å². The molecule has 0 aliphatic carbocycles. The third kappa shape index (κ3) is 5.73. The molecule has 7 aromatic rings. The molecule has 52 heavy (non-hydrogen) atoms. The maximum absolute atomic E-state index is 10.9. The smallest absolute Gasteiger partial charge is 0.121 e. The van der Waals surface area contributed by atoms with E-state index in [9.17, 15) is 20.4 Å². The van der Waals surface area contributed by atoms with Crippen molar-refractivity contribution in [2.45, 2.75) is 67.2 Å². The van der Waals surface area contributed by atoms with Gasteiger partial charge in [0.1, 0.15) is 23.0 Å². The molecule has 0 atom stereocenters. The van der Waals surface area contributed by atoms with E-state index in [1.807, 2.05) is 55.4 Å². The molecule has 0 aliphatic rings. The normalized spacial score (nSPS) is 11.7. The molecule has 0 radical (unpaired) electrons. The molecule has 0 fully saturated rings. The Hall–Kier alpha value is -5.74. The van der Waals surface area contributed by atoms with Gasteiger partial charge in [-0.2, -0.15) is 0 Å². The summed E-state index contributed by atoms with van der Waals surface area (Å²) in [6, 6.07) is 34.0. The van der Waals surface area contributed by atoms with E-state index in [4.69, 9.17) is 0 Å². The summed E-state index contributed by atoms with van der Waals surface area (Å²) in [6.45, 7) is 15.6. The van der Waals surface area contributed by atoms with Gasteiger partial charge in [-0.3, -0.25) is 0 Å². The molecule has 262 valence electrons. The number of benzene rings is 7. The lowest BCUT2D eigenvalue weighted by Crippen LogP contribution is -2.11. The van der Waals surface area contributed by atoms with Gasteiger partial charge in [0.2, 0.25) is 0 Å². The van der Waals surface area contributed by atoms with Crippen LogP contribution in [-0.2, 0) is 0 Å². The summed E-state index contributed by atoms with van der Waals surface area (Å²) in [7, 11) is 0. The summed E-state index contributed by atoms with van der Waals surface area (Å²) in [5, 5.41) is 48.0. The molecule has 0 bridgehead atoms. The van der Waals surface area contributed by atoms with Crippen LogP contribution < -0.4 is 0 Å². The number of fused-ring (bicyclic) bond motifs is 2. The topological polar surface area (TPSA) is 80.9 Å². The average Bonchev–Trinajstić information content (AvgIpc) is 3.11. The van der Waals surface area contributed by atoms with Gasteiger partial charge < -0.3 is 20.4 Å². The molecule has 4 heteroatoms. The lowest BCUT2D eigenvalue weighted by molar-refractivity contribution is 0.465. The Morgan fingerprint density at radius 2 is 0.481 bits per heavy atom. The second-order valence-electron chi connectivity index (χ2n) is 14.8. The summed E-state index contributed by atoms with van der Waals surface area (Å²) >= 11 is 0. The molecule has 0 saturated carbocycles. The zero-order valence-electron chi connectivity index (χ0n) is 31.2. The van der Waals surface area contributed by atoms with Crippen LogP contribution in [0.15, 0.2) is 97.1 Å². The largest absolute Gasteiger partial charge is 0.507 e. The molecule has 4 nitrogen and oxygen atoms in total. The van der Waals surface area contributed by atoms with E-state index in [1.165, 1.54) is 0 Å². The summed E-state index contributed by atoms with van der Waals surface area (Å²) < 4.78 is 0. The minimum atomic E-state index is -0.227. The van der Waals surface area contributed by atoms with Crippen molar-refractivity contribution in [3.8, 4) is 23.0 Å². The lowest BCUT2D eigenvalue weighted by Gasteiger charge is -2.29. The van der Waals surface area contributed by atoms with E-state index in [-0.39, 0.29) is 11.8 Å². The summed E-state index contributed by atoms with van der Waals surface area (Å²) in [5.41, 5.74) is 13.1. The van der Waals surface area contributed by atoms with Crippen molar-refractivity contribution in [2.24, 2.45) is 0 Å². The number of rotatable bonds is 6. The van der Waals surface area contributed by atoms with Gasteiger partial charge in [0.25, 0.3) is 0 Å². The van der Waals surface area contributed by atoms with Gasteiger partial charge in [-0.1, -0.05) is 97.1 Å². The van der Waals surface area contributed by atoms with Gasteiger partial charge in [-0.25, -0.2) is 0 Å². The van der Waals surface area contributed by atoms with Crippen molar-refractivity contribution in [3.63, 3.8) is 0 Å². The third-order valence-electron chi connectivity index (χ3n) is 11.0. The molecule has 0 saturated heterocycles. The molecule has 0 aliphatic heterocycles. The van der Waals surface area contributed by atoms with Crippen molar-refractivity contribution in [2.75, 3.05) is 0 Å². The van der Waals surface area contributed by atoms with Gasteiger partial charge in [0.05, 0.1) is 0 Å². The number of hydrogen-bond donors (Lipinski definition) is 4. The SMILES string of the molecule is Cc1cc(C(c2cc(C)c(O)c(C)c2)c2c3ccccc3c(C(c3cc(C)c(O)c(C)c3)c3cc(C)c(O)c(C)c3)c3ccccc23)cc(C)c1O. The van der Waals surface area contributed by atoms with Crippen LogP contribution in [0.3, 0.4) is 0 Å². The van der Waals surface area contributed by atoms with Gasteiger partial charge in [-0.05, 0) is 155 Å². The first kappa shape index (κ1) is 34.7. The van der Waals surface area contributed by atoms with E-state index in [1.54, 1.807) is 0 Å². The Bertz CT molecular complexity index is 2120. The highest BCUT2D eigenvalue weighted by Crippen LogP contribution is 2.49. The lowest BCUT2D eigenvalue weighted by atomic mass is 9.74. The van der Waals surface area contributed by atoms with Crippen molar-refractivity contribution in [1.29, 1.82) is 0 Å². The first-order valence-electron chi connectivity index (χ1n) is 17.9. The Morgan fingerprint density at radius 3 is 0.654 bits per heavy atom. The van der Waals surface area contributed by atoms with Gasteiger partial charge in [-0.15, -0.1) is 0 Å². The van der Waals surface area contributed by atoms with Crippen LogP contribution in [0.4, 0.5) is 0 Å². The number of phenols is 4.